The van der Waals surface area contributed by atoms with Crippen LogP contribution in [-0.4, -0.2) is 100 Å². The summed E-state index contributed by atoms with van der Waals surface area (Å²) in [5.41, 5.74) is 3.70. The van der Waals surface area contributed by atoms with Gasteiger partial charge in [0.05, 0.1) is 38.0 Å². The van der Waals surface area contributed by atoms with Crippen LogP contribution >= 0.6 is 0 Å². The van der Waals surface area contributed by atoms with Crippen LogP contribution in [0.3, 0.4) is 0 Å². The number of benzene rings is 2. The molecule has 2 saturated heterocycles. The Morgan fingerprint density at radius 2 is 1.69 bits per heavy atom. The van der Waals surface area contributed by atoms with Gasteiger partial charge in [0.1, 0.15) is 5.75 Å². The predicted octanol–water partition coefficient (Wildman–Crippen LogP) is 5.55. The first-order valence-corrected chi connectivity index (χ1v) is 20.8. The van der Waals surface area contributed by atoms with Crippen molar-refractivity contribution in [1.29, 1.82) is 0 Å². The van der Waals surface area contributed by atoms with Crippen molar-refractivity contribution < 1.29 is 40.7 Å². The Hall–Kier alpha value is -3.66. The van der Waals surface area contributed by atoms with Crippen molar-refractivity contribution in [2.24, 2.45) is 16.2 Å². The summed E-state index contributed by atoms with van der Waals surface area (Å²) in [4.78, 5) is 30.7. The first kappa shape index (κ1) is 36.9. The number of carbonyl (C=O) groups is 2. The lowest BCUT2D eigenvalue weighted by Gasteiger charge is -2.29. The number of carbonyl (C=O) groups excluding carboxylic acids is 2. The lowest BCUT2D eigenvalue weighted by atomic mass is 9.71. The zero-order chi connectivity index (χ0) is 38.7. The molecular weight excluding hydrogens is 736 g/mol. The molecule has 3 aliphatic carbocycles. The molecule has 15 heteroatoms. The van der Waals surface area contributed by atoms with E-state index in [0.717, 1.165) is 57.7 Å². The van der Waals surface area contributed by atoms with Crippen molar-refractivity contribution in [2.75, 3.05) is 54.1 Å². The quantitative estimate of drug-likeness (QED) is 0.308. The van der Waals surface area contributed by atoms with Crippen molar-refractivity contribution >= 4 is 32.9 Å². The van der Waals surface area contributed by atoms with Crippen LogP contribution in [0.15, 0.2) is 36.4 Å². The van der Waals surface area contributed by atoms with Crippen molar-refractivity contribution in [2.45, 2.75) is 82.0 Å². The van der Waals surface area contributed by atoms with Crippen molar-refractivity contribution in [3.8, 4) is 17.0 Å². The van der Waals surface area contributed by atoms with Gasteiger partial charge in [0.2, 0.25) is 5.91 Å². The monoisotopic (exact) mass is 783 g/mol. The molecule has 3 aromatic rings. The molecule has 2 unspecified atom stereocenters. The summed E-state index contributed by atoms with van der Waals surface area (Å²) in [5.74, 6) is 0.184. The molecule has 5 fully saturated rings. The number of hydrogen-bond acceptors (Lipinski definition) is 7. The van der Waals surface area contributed by atoms with E-state index >= 15 is 4.79 Å². The van der Waals surface area contributed by atoms with E-state index in [0.29, 0.717) is 57.9 Å². The molecule has 2 aromatic carbocycles. The van der Waals surface area contributed by atoms with Crippen molar-refractivity contribution in [3.63, 3.8) is 0 Å². The second-order valence-electron chi connectivity index (χ2n) is 17.3. The first-order valence-electron chi connectivity index (χ1n) is 19.4. The second kappa shape index (κ2) is 12.7. The Morgan fingerprint density at radius 3 is 2.35 bits per heavy atom. The highest BCUT2D eigenvalue weighted by Crippen LogP contribution is 2.68. The highest BCUT2D eigenvalue weighted by atomic mass is 32.2. The van der Waals surface area contributed by atoms with E-state index in [1.807, 2.05) is 17.0 Å². The number of nitrogens with zero attached hydrogens (tertiary/aromatic N) is 3. The molecule has 296 valence electrons. The number of hydrogen-bond donors (Lipinski definition) is 2. The number of aromatic nitrogens is 1. The van der Waals surface area contributed by atoms with Crippen molar-refractivity contribution in [3.05, 3.63) is 53.1 Å². The van der Waals surface area contributed by atoms with E-state index in [1.54, 1.807) is 19.2 Å². The minimum Gasteiger partial charge on any atom is -0.497 e. The summed E-state index contributed by atoms with van der Waals surface area (Å²) in [6.07, 6.45) is 2.79. The minimum atomic E-state index is -4.30. The molecule has 4 heterocycles. The maximum absolute atomic E-state index is 15.3. The molecule has 2 amide bonds. The SMILES string of the molecule is COc1ccc2c(c1)[C@@H]1C[C@]1(C(=O)N1CC34COCC3(CC(NCC(F)(F)F)C4)C1)Cn1c-2c(C2CCCCC2)c2ccc(C(=O)NS(=O)(=O)N(C)C)cc21. The summed E-state index contributed by atoms with van der Waals surface area (Å²) < 4.78 is 81.9. The molecule has 55 heavy (non-hydrogen) atoms. The Morgan fingerprint density at radius 1 is 0.982 bits per heavy atom. The third-order valence-electron chi connectivity index (χ3n) is 13.9. The third-order valence-corrected chi connectivity index (χ3v) is 15.3. The van der Waals surface area contributed by atoms with E-state index in [-0.39, 0.29) is 29.3 Å². The highest BCUT2D eigenvalue weighted by molar-refractivity contribution is 7.87. The second-order valence-corrected chi connectivity index (χ2v) is 19.2. The summed E-state index contributed by atoms with van der Waals surface area (Å²) in [5, 5.41) is 3.74. The molecule has 4 atom stereocenters. The van der Waals surface area contributed by atoms with Gasteiger partial charge in [-0.1, -0.05) is 25.3 Å². The average molecular weight is 784 g/mol. The van der Waals surface area contributed by atoms with E-state index in [4.69, 9.17) is 9.47 Å². The van der Waals surface area contributed by atoms with E-state index in [1.165, 1.54) is 26.1 Å². The van der Waals surface area contributed by atoms with Crippen LogP contribution in [0, 0.1) is 16.2 Å². The van der Waals surface area contributed by atoms with Gasteiger partial charge in [-0.15, -0.1) is 0 Å². The van der Waals surface area contributed by atoms with Crippen LogP contribution in [0.25, 0.3) is 22.2 Å². The fourth-order valence-electron chi connectivity index (χ4n) is 11.2. The number of nitrogens with one attached hydrogen (secondary N) is 2. The Kier molecular flexibility index (Phi) is 8.51. The maximum atomic E-state index is 15.3. The normalized spacial score (nSPS) is 30.1. The van der Waals surface area contributed by atoms with Gasteiger partial charge in [-0.3, -0.25) is 9.59 Å². The molecule has 11 nitrogen and oxygen atoms in total. The Bertz CT molecular complexity index is 2180. The van der Waals surface area contributed by atoms with Crippen LogP contribution < -0.4 is 14.8 Å². The number of likely N-dealkylation sites (tertiary alicyclic amines) is 1. The topological polar surface area (TPSA) is 122 Å². The van der Waals surface area contributed by atoms with Crippen LogP contribution in [0.5, 0.6) is 5.75 Å². The molecule has 3 aliphatic heterocycles. The number of fused-ring (bicyclic) bond motifs is 7. The van der Waals surface area contributed by atoms with Gasteiger partial charge in [-0.2, -0.15) is 25.9 Å². The molecule has 0 radical (unpaired) electrons. The van der Waals surface area contributed by atoms with Crippen LogP contribution in [0.1, 0.15) is 84.7 Å². The largest absolute Gasteiger partial charge is 0.497 e. The summed E-state index contributed by atoms with van der Waals surface area (Å²) in [7, 11) is 0.306. The fourth-order valence-corrected chi connectivity index (χ4v) is 11.7. The molecule has 0 spiro atoms. The highest BCUT2D eigenvalue weighted by Gasteiger charge is 2.70. The number of amides is 2. The predicted molar refractivity (Wildman–Crippen MR) is 199 cm³/mol. The maximum Gasteiger partial charge on any atom is 0.401 e. The molecule has 0 bridgehead atoms. The molecule has 2 N–H and O–H groups in total. The van der Waals surface area contributed by atoms with E-state index < -0.39 is 45.1 Å². The third kappa shape index (κ3) is 5.81. The lowest BCUT2D eigenvalue weighted by molar-refractivity contribution is -0.138. The average Bonchev–Trinajstić information content (AvgIpc) is 3.33. The smallest absolute Gasteiger partial charge is 0.401 e. The zero-order valence-corrected chi connectivity index (χ0v) is 32.2. The fraction of sp³-hybridized carbons (Fsp3) is 0.600. The number of methoxy groups -OCH3 is 1. The summed E-state index contributed by atoms with van der Waals surface area (Å²) in [6, 6.07) is 11.2. The molecular formula is C40H48F3N5O6S. The standard InChI is InChI=1S/C40H48F3N5O6S/c1-46(2)55(51,52)45-35(49)25-9-11-29-32(13-25)48-21-39(36(50)47-19-37-15-26(44-18-40(41,42)43)16-38(37,20-47)23-54-22-37)17-31(39)30-14-27(53-3)10-12-28(30)34(48)33(29)24-7-5-4-6-8-24/h9-14,24,26,31,44H,4-8,15-23H2,1-3H3,(H,45,49)/t26?,31-,37?,38?,39-/m0/s1. The minimum absolute atomic E-state index is 0.0426. The molecule has 3 saturated carbocycles. The van der Waals surface area contributed by atoms with Gasteiger partial charge in [-0.05, 0) is 79.5 Å². The molecule has 6 aliphatic rings. The van der Waals surface area contributed by atoms with Gasteiger partial charge in [0.15, 0.2) is 0 Å². The van der Waals surface area contributed by atoms with Gasteiger partial charge < -0.3 is 24.3 Å². The number of ether oxygens (including phenoxy) is 2. The van der Waals surface area contributed by atoms with Crippen LogP contribution in [0.4, 0.5) is 13.2 Å². The summed E-state index contributed by atoms with van der Waals surface area (Å²) >= 11 is 0. The van der Waals surface area contributed by atoms with Gasteiger partial charge in [0, 0.05) is 78.5 Å². The zero-order valence-electron chi connectivity index (χ0n) is 31.4. The van der Waals surface area contributed by atoms with Crippen molar-refractivity contribution in [1.82, 2.24) is 23.8 Å². The Labute approximate surface area is 319 Å². The molecule has 9 rings (SSSR count). The first-order chi connectivity index (χ1) is 26.1. The van der Waals surface area contributed by atoms with Gasteiger partial charge in [0.25, 0.3) is 5.91 Å². The van der Waals surface area contributed by atoms with E-state index in [9.17, 15) is 26.4 Å². The van der Waals surface area contributed by atoms with Gasteiger partial charge in [-0.25, -0.2) is 4.72 Å². The lowest BCUT2D eigenvalue weighted by Crippen LogP contribution is -2.43. The number of halogens is 3. The van der Waals surface area contributed by atoms with Gasteiger partial charge >= 0.3 is 16.4 Å². The van der Waals surface area contributed by atoms with Crippen LogP contribution in [0.2, 0.25) is 0 Å². The van der Waals surface area contributed by atoms with Crippen LogP contribution in [-0.2, 0) is 26.3 Å². The van der Waals surface area contributed by atoms with E-state index in [2.05, 4.69) is 26.7 Å². The molecule has 1 aromatic heterocycles. The number of rotatable bonds is 8. The Balaban J connectivity index is 1.14. The summed E-state index contributed by atoms with van der Waals surface area (Å²) in [6.45, 7) is 1.05. The number of alkyl halides is 3.